The van der Waals surface area contributed by atoms with E-state index in [0.29, 0.717) is 25.6 Å². The first kappa shape index (κ1) is 20.4. The third-order valence-electron chi connectivity index (χ3n) is 6.49. The van der Waals surface area contributed by atoms with E-state index in [0.717, 1.165) is 74.7 Å². The highest BCUT2D eigenvalue weighted by Gasteiger charge is 2.32. The Morgan fingerprint density at radius 2 is 1.86 bits per heavy atom. The molecule has 3 aliphatic rings. The van der Waals surface area contributed by atoms with Gasteiger partial charge in [-0.05, 0) is 50.8 Å². The zero-order chi connectivity index (χ0) is 20.6. The Morgan fingerprint density at radius 3 is 2.52 bits per heavy atom. The predicted molar refractivity (Wildman–Crippen MR) is 114 cm³/mol. The summed E-state index contributed by atoms with van der Waals surface area (Å²) in [6, 6.07) is 4.58. The Kier molecular flexibility index (Phi) is 5.73. The standard InChI is InChI=1S/C22H34N4O3/c1-22(2,28)5-8-26-15-16-13-19(23)20(14-18(16)21(26)27)25-6-3-17(4-7-25)24-9-11-29-12-10-24/h13-14,17,28H,3-12,15,23H2,1-2H3. The van der Waals surface area contributed by atoms with E-state index < -0.39 is 5.60 Å². The molecule has 1 amide bonds. The molecule has 160 valence electrons. The molecule has 3 heterocycles. The number of anilines is 2. The minimum atomic E-state index is -0.774. The van der Waals surface area contributed by atoms with E-state index in [9.17, 15) is 9.90 Å². The normalized spacial score (nSPS) is 21.7. The van der Waals surface area contributed by atoms with Crippen LogP contribution in [0.15, 0.2) is 12.1 Å². The zero-order valence-corrected chi connectivity index (χ0v) is 17.7. The monoisotopic (exact) mass is 402 g/mol. The topological polar surface area (TPSA) is 82.3 Å². The molecule has 1 aromatic rings. The number of morpholine rings is 1. The fourth-order valence-electron chi connectivity index (χ4n) is 4.71. The van der Waals surface area contributed by atoms with Crippen LogP contribution >= 0.6 is 0 Å². The molecule has 1 aromatic carbocycles. The van der Waals surface area contributed by atoms with Crippen molar-refractivity contribution in [1.29, 1.82) is 0 Å². The number of carbonyl (C=O) groups is 1. The fourth-order valence-corrected chi connectivity index (χ4v) is 4.71. The number of rotatable bonds is 5. The van der Waals surface area contributed by atoms with Crippen LogP contribution in [0.2, 0.25) is 0 Å². The van der Waals surface area contributed by atoms with Crippen molar-refractivity contribution in [3.63, 3.8) is 0 Å². The quantitative estimate of drug-likeness (QED) is 0.730. The molecule has 0 aromatic heterocycles. The number of nitrogen functional groups attached to an aromatic ring is 1. The maximum Gasteiger partial charge on any atom is 0.254 e. The molecule has 0 aliphatic carbocycles. The average molecular weight is 403 g/mol. The van der Waals surface area contributed by atoms with Gasteiger partial charge >= 0.3 is 0 Å². The number of carbonyl (C=O) groups excluding carboxylic acids is 1. The summed E-state index contributed by atoms with van der Waals surface area (Å²) in [7, 11) is 0. The van der Waals surface area contributed by atoms with E-state index in [1.165, 1.54) is 0 Å². The van der Waals surface area contributed by atoms with Crippen molar-refractivity contribution in [2.75, 3.05) is 56.6 Å². The molecule has 2 saturated heterocycles. The third-order valence-corrected chi connectivity index (χ3v) is 6.49. The molecular weight excluding hydrogens is 368 g/mol. The lowest BCUT2D eigenvalue weighted by molar-refractivity contribution is 0.0115. The Morgan fingerprint density at radius 1 is 1.17 bits per heavy atom. The Bertz CT molecular complexity index is 747. The molecule has 29 heavy (non-hydrogen) atoms. The van der Waals surface area contributed by atoms with Crippen molar-refractivity contribution in [3.8, 4) is 0 Å². The van der Waals surface area contributed by atoms with Crippen LogP contribution in [0.1, 0.15) is 49.0 Å². The molecular formula is C22H34N4O3. The fraction of sp³-hybridized carbons (Fsp3) is 0.682. The summed E-state index contributed by atoms with van der Waals surface area (Å²) in [6.45, 7) is 10.3. The Hall–Kier alpha value is -1.83. The first-order valence-electron chi connectivity index (χ1n) is 10.8. The van der Waals surface area contributed by atoms with E-state index in [2.05, 4.69) is 9.80 Å². The molecule has 0 radical (unpaired) electrons. The van der Waals surface area contributed by atoms with Gasteiger partial charge in [0.1, 0.15) is 0 Å². The average Bonchev–Trinajstić information content (AvgIpc) is 3.01. The van der Waals surface area contributed by atoms with Gasteiger partial charge in [0.15, 0.2) is 0 Å². The van der Waals surface area contributed by atoms with Crippen molar-refractivity contribution < 1.29 is 14.6 Å². The number of amides is 1. The van der Waals surface area contributed by atoms with E-state index >= 15 is 0 Å². The van der Waals surface area contributed by atoms with Gasteiger partial charge in [0.05, 0.1) is 30.2 Å². The van der Waals surface area contributed by atoms with Crippen LogP contribution in [0.25, 0.3) is 0 Å². The van der Waals surface area contributed by atoms with Crippen LogP contribution in [0.5, 0.6) is 0 Å². The van der Waals surface area contributed by atoms with Gasteiger partial charge in [-0.25, -0.2) is 0 Å². The minimum Gasteiger partial charge on any atom is -0.397 e. The third kappa shape index (κ3) is 4.52. The number of hydrogen-bond donors (Lipinski definition) is 2. The minimum absolute atomic E-state index is 0.0497. The van der Waals surface area contributed by atoms with Gasteiger partial charge in [-0.2, -0.15) is 0 Å². The predicted octanol–water partition coefficient (Wildman–Crippen LogP) is 1.69. The van der Waals surface area contributed by atoms with Crippen LogP contribution in [-0.4, -0.2) is 78.4 Å². The maximum absolute atomic E-state index is 12.9. The van der Waals surface area contributed by atoms with Crippen LogP contribution in [-0.2, 0) is 11.3 Å². The van der Waals surface area contributed by atoms with Crippen molar-refractivity contribution in [3.05, 3.63) is 23.3 Å². The molecule has 0 spiro atoms. The van der Waals surface area contributed by atoms with E-state index in [1.807, 2.05) is 17.0 Å². The van der Waals surface area contributed by atoms with Gasteiger partial charge in [0.25, 0.3) is 5.91 Å². The highest BCUT2D eigenvalue weighted by Crippen LogP contribution is 2.34. The molecule has 3 N–H and O–H groups in total. The summed E-state index contributed by atoms with van der Waals surface area (Å²) in [5.41, 5.74) is 9.13. The van der Waals surface area contributed by atoms with Crippen LogP contribution < -0.4 is 10.6 Å². The molecule has 0 saturated carbocycles. The summed E-state index contributed by atoms with van der Waals surface area (Å²) in [5.74, 6) is 0.0497. The van der Waals surface area contributed by atoms with Crippen molar-refractivity contribution >= 4 is 17.3 Å². The summed E-state index contributed by atoms with van der Waals surface area (Å²) < 4.78 is 5.48. The lowest BCUT2D eigenvalue weighted by Crippen LogP contribution is -2.49. The van der Waals surface area contributed by atoms with Crippen LogP contribution in [0.4, 0.5) is 11.4 Å². The van der Waals surface area contributed by atoms with Crippen molar-refractivity contribution in [1.82, 2.24) is 9.80 Å². The van der Waals surface area contributed by atoms with Gasteiger partial charge in [0, 0.05) is 50.9 Å². The first-order chi connectivity index (χ1) is 13.8. The second kappa shape index (κ2) is 8.13. The van der Waals surface area contributed by atoms with Crippen molar-refractivity contribution in [2.24, 2.45) is 0 Å². The zero-order valence-electron chi connectivity index (χ0n) is 17.7. The van der Waals surface area contributed by atoms with Gasteiger partial charge < -0.3 is 25.4 Å². The number of ether oxygens (including phenoxy) is 1. The van der Waals surface area contributed by atoms with E-state index in [-0.39, 0.29) is 5.91 Å². The summed E-state index contributed by atoms with van der Waals surface area (Å²) in [5, 5.41) is 9.98. The second-order valence-electron chi connectivity index (χ2n) is 9.22. The van der Waals surface area contributed by atoms with E-state index in [4.69, 9.17) is 10.5 Å². The van der Waals surface area contributed by atoms with E-state index in [1.54, 1.807) is 13.8 Å². The number of benzene rings is 1. The van der Waals surface area contributed by atoms with Crippen LogP contribution in [0, 0.1) is 0 Å². The Labute approximate surface area is 173 Å². The lowest BCUT2D eigenvalue weighted by atomic mass is 10.0. The smallest absolute Gasteiger partial charge is 0.254 e. The molecule has 3 aliphatic heterocycles. The second-order valence-corrected chi connectivity index (χ2v) is 9.22. The highest BCUT2D eigenvalue weighted by atomic mass is 16.5. The molecule has 2 fully saturated rings. The molecule has 0 unspecified atom stereocenters. The number of fused-ring (bicyclic) bond motifs is 1. The molecule has 7 nitrogen and oxygen atoms in total. The largest absolute Gasteiger partial charge is 0.397 e. The van der Waals surface area contributed by atoms with Crippen LogP contribution in [0.3, 0.4) is 0 Å². The molecule has 0 atom stereocenters. The van der Waals surface area contributed by atoms with Gasteiger partial charge in [-0.3, -0.25) is 9.69 Å². The number of aliphatic hydroxyl groups is 1. The molecule has 4 rings (SSSR count). The number of piperidine rings is 1. The van der Waals surface area contributed by atoms with Gasteiger partial charge in [-0.1, -0.05) is 0 Å². The summed E-state index contributed by atoms with van der Waals surface area (Å²) in [4.78, 5) is 19.6. The molecule has 0 bridgehead atoms. The lowest BCUT2D eigenvalue weighted by Gasteiger charge is -2.41. The SMILES string of the molecule is CC(C)(O)CCN1Cc2cc(N)c(N3CCC(N4CCOCC4)CC3)cc2C1=O. The van der Waals surface area contributed by atoms with Crippen molar-refractivity contribution in [2.45, 2.75) is 51.3 Å². The molecule has 7 heteroatoms. The Balaban J connectivity index is 1.42. The number of nitrogens with zero attached hydrogens (tertiary/aromatic N) is 3. The first-order valence-corrected chi connectivity index (χ1v) is 10.8. The number of hydrogen-bond acceptors (Lipinski definition) is 6. The summed E-state index contributed by atoms with van der Waals surface area (Å²) in [6.07, 6.45) is 2.79. The summed E-state index contributed by atoms with van der Waals surface area (Å²) >= 11 is 0. The maximum atomic E-state index is 12.9. The van der Waals surface area contributed by atoms with Gasteiger partial charge in [-0.15, -0.1) is 0 Å². The highest BCUT2D eigenvalue weighted by molar-refractivity contribution is 6.00. The van der Waals surface area contributed by atoms with Gasteiger partial charge in [0.2, 0.25) is 0 Å². The number of nitrogens with two attached hydrogens (primary N) is 1.